The van der Waals surface area contributed by atoms with Gasteiger partial charge in [0.05, 0.1) is 11.3 Å². The van der Waals surface area contributed by atoms with Crippen LogP contribution in [-0.2, 0) is 0 Å². The summed E-state index contributed by atoms with van der Waals surface area (Å²) in [5.74, 6) is 0.275. The van der Waals surface area contributed by atoms with Crippen molar-refractivity contribution >= 4 is 17.5 Å². The van der Waals surface area contributed by atoms with Gasteiger partial charge in [-0.15, -0.1) is 0 Å². The van der Waals surface area contributed by atoms with Crippen molar-refractivity contribution in [2.45, 2.75) is 18.8 Å². The Labute approximate surface area is 163 Å². The van der Waals surface area contributed by atoms with Crippen LogP contribution in [0.2, 0.25) is 5.02 Å². The molecule has 4 rings (SSSR count). The summed E-state index contributed by atoms with van der Waals surface area (Å²) in [7, 11) is 0. The molecule has 0 aliphatic carbocycles. The van der Waals surface area contributed by atoms with Crippen LogP contribution in [-0.4, -0.2) is 33.9 Å². The van der Waals surface area contributed by atoms with Crippen molar-refractivity contribution in [3.8, 4) is 11.3 Å². The van der Waals surface area contributed by atoms with E-state index in [9.17, 15) is 4.79 Å². The molecular formula is C22H20ClN3O. The van der Waals surface area contributed by atoms with Gasteiger partial charge >= 0.3 is 0 Å². The SMILES string of the molecule is O=C(c1cccnc1)N1CCC[C@@H](c2cccc(-c3cccc(Cl)c3)n2)C1. The lowest BCUT2D eigenvalue weighted by Crippen LogP contribution is -2.39. The van der Waals surface area contributed by atoms with Gasteiger partial charge in [-0.2, -0.15) is 0 Å². The normalized spacial score (nSPS) is 16.9. The highest BCUT2D eigenvalue weighted by Gasteiger charge is 2.26. The van der Waals surface area contributed by atoms with E-state index in [1.54, 1.807) is 18.5 Å². The molecule has 3 heterocycles. The molecule has 5 heteroatoms. The number of carbonyl (C=O) groups is 1. The van der Waals surface area contributed by atoms with E-state index in [0.717, 1.165) is 36.3 Å². The zero-order chi connectivity index (χ0) is 18.6. The predicted molar refractivity (Wildman–Crippen MR) is 107 cm³/mol. The summed E-state index contributed by atoms with van der Waals surface area (Å²) in [6.07, 6.45) is 5.31. The fourth-order valence-corrected chi connectivity index (χ4v) is 3.75. The average molecular weight is 378 g/mol. The largest absolute Gasteiger partial charge is 0.338 e. The van der Waals surface area contributed by atoms with Gasteiger partial charge in [0, 0.05) is 47.7 Å². The van der Waals surface area contributed by atoms with Crippen molar-refractivity contribution in [1.29, 1.82) is 0 Å². The molecule has 1 saturated heterocycles. The van der Waals surface area contributed by atoms with E-state index in [-0.39, 0.29) is 11.8 Å². The molecule has 4 nitrogen and oxygen atoms in total. The second-order valence-electron chi connectivity index (χ2n) is 6.79. The Hall–Kier alpha value is -2.72. The summed E-state index contributed by atoms with van der Waals surface area (Å²) < 4.78 is 0. The van der Waals surface area contributed by atoms with E-state index < -0.39 is 0 Å². The van der Waals surface area contributed by atoms with Crippen LogP contribution in [0.3, 0.4) is 0 Å². The fourth-order valence-electron chi connectivity index (χ4n) is 3.56. The van der Waals surface area contributed by atoms with E-state index in [1.165, 1.54) is 0 Å². The molecule has 0 N–H and O–H groups in total. The Balaban J connectivity index is 1.55. The Morgan fingerprint density at radius 3 is 2.81 bits per heavy atom. The molecule has 3 aromatic rings. The molecular weight excluding hydrogens is 358 g/mol. The van der Waals surface area contributed by atoms with Crippen LogP contribution < -0.4 is 0 Å². The molecule has 0 saturated carbocycles. The topological polar surface area (TPSA) is 46.1 Å². The van der Waals surface area contributed by atoms with Crippen LogP contribution in [0.1, 0.15) is 34.8 Å². The lowest BCUT2D eigenvalue weighted by molar-refractivity contribution is 0.0705. The van der Waals surface area contributed by atoms with Crippen LogP contribution >= 0.6 is 11.6 Å². The van der Waals surface area contributed by atoms with Crippen LogP contribution in [0.5, 0.6) is 0 Å². The molecule has 27 heavy (non-hydrogen) atoms. The number of amides is 1. The van der Waals surface area contributed by atoms with Gasteiger partial charge in [0.25, 0.3) is 5.91 Å². The van der Waals surface area contributed by atoms with Crippen LogP contribution in [0.25, 0.3) is 11.3 Å². The molecule has 136 valence electrons. The Bertz CT molecular complexity index is 945. The zero-order valence-corrected chi connectivity index (χ0v) is 15.6. The van der Waals surface area contributed by atoms with Gasteiger partial charge in [0.15, 0.2) is 0 Å². The number of piperidine rings is 1. The van der Waals surface area contributed by atoms with E-state index in [0.29, 0.717) is 17.1 Å². The number of carbonyl (C=O) groups excluding carboxylic acids is 1. The molecule has 1 fully saturated rings. The highest BCUT2D eigenvalue weighted by molar-refractivity contribution is 6.30. The van der Waals surface area contributed by atoms with Crippen molar-refractivity contribution in [3.63, 3.8) is 0 Å². The predicted octanol–water partition coefficient (Wildman–Crippen LogP) is 4.82. The number of aromatic nitrogens is 2. The number of benzene rings is 1. The summed E-state index contributed by atoms with van der Waals surface area (Å²) >= 11 is 6.12. The number of nitrogens with zero attached hydrogens (tertiary/aromatic N) is 3. The Morgan fingerprint density at radius 1 is 1.11 bits per heavy atom. The van der Waals surface area contributed by atoms with Crippen LogP contribution in [0.15, 0.2) is 67.0 Å². The van der Waals surface area contributed by atoms with Crippen LogP contribution in [0.4, 0.5) is 0 Å². The van der Waals surface area contributed by atoms with Crippen molar-refractivity contribution in [1.82, 2.24) is 14.9 Å². The second-order valence-corrected chi connectivity index (χ2v) is 7.23. The maximum Gasteiger partial charge on any atom is 0.255 e. The average Bonchev–Trinajstić information content (AvgIpc) is 2.74. The molecule has 1 aliphatic heterocycles. The van der Waals surface area contributed by atoms with Crippen molar-refractivity contribution in [2.75, 3.05) is 13.1 Å². The summed E-state index contributed by atoms with van der Waals surface area (Å²) in [6, 6.07) is 17.4. The van der Waals surface area contributed by atoms with Gasteiger partial charge in [-0.3, -0.25) is 14.8 Å². The molecule has 0 bridgehead atoms. The third-order valence-electron chi connectivity index (χ3n) is 4.93. The Kier molecular flexibility index (Phi) is 5.16. The minimum absolute atomic E-state index is 0.0406. The highest BCUT2D eigenvalue weighted by Crippen LogP contribution is 2.29. The van der Waals surface area contributed by atoms with Crippen molar-refractivity contribution in [3.05, 3.63) is 83.3 Å². The van der Waals surface area contributed by atoms with Crippen molar-refractivity contribution in [2.24, 2.45) is 0 Å². The van der Waals surface area contributed by atoms with E-state index >= 15 is 0 Å². The third-order valence-corrected chi connectivity index (χ3v) is 5.16. The maximum absolute atomic E-state index is 12.8. The van der Waals surface area contributed by atoms with Gasteiger partial charge < -0.3 is 4.90 Å². The van der Waals surface area contributed by atoms with E-state index in [2.05, 4.69) is 11.1 Å². The number of likely N-dealkylation sites (tertiary alicyclic amines) is 1. The summed E-state index contributed by atoms with van der Waals surface area (Å²) in [4.78, 5) is 23.6. The molecule has 2 aromatic heterocycles. The second kappa shape index (κ2) is 7.89. The quantitative estimate of drug-likeness (QED) is 0.657. The summed E-state index contributed by atoms with van der Waals surface area (Å²) in [6.45, 7) is 1.46. The fraction of sp³-hybridized carbons (Fsp3) is 0.227. The highest BCUT2D eigenvalue weighted by atomic mass is 35.5. The first-order valence-electron chi connectivity index (χ1n) is 9.13. The summed E-state index contributed by atoms with van der Waals surface area (Å²) in [5, 5.41) is 0.700. The smallest absolute Gasteiger partial charge is 0.255 e. The standard InChI is InChI=1S/C22H20ClN3O/c23-19-8-1-5-16(13-19)20-9-2-10-21(25-20)18-7-4-12-26(15-18)22(27)17-6-3-11-24-14-17/h1-3,5-6,8-11,13-14,18H,4,7,12,15H2/t18-/m1/s1. The molecule has 1 amide bonds. The lowest BCUT2D eigenvalue weighted by Gasteiger charge is -2.32. The first-order chi connectivity index (χ1) is 13.2. The number of pyridine rings is 2. The lowest BCUT2D eigenvalue weighted by atomic mass is 9.93. The van der Waals surface area contributed by atoms with Gasteiger partial charge in [-0.25, -0.2) is 0 Å². The molecule has 0 unspecified atom stereocenters. The van der Waals surface area contributed by atoms with E-state index in [4.69, 9.17) is 16.6 Å². The number of halogens is 1. The summed E-state index contributed by atoms with van der Waals surface area (Å²) in [5.41, 5.74) is 3.57. The van der Waals surface area contributed by atoms with Gasteiger partial charge in [0.1, 0.15) is 0 Å². The molecule has 1 aromatic carbocycles. The van der Waals surface area contributed by atoms with Crippen molar-refractivity contribution < 1.29 is 4.79 Å². The maximum atomic E-state index is 12.8. The first-order valence-corrected chi connectivity index (χ1v) is 9.51. The van der Waals surface area contributed by atoms with Gasteiger partial charge in [-0.05, 0) is 49.2 Å². The molecule has 1 atom stereocenters. The molecule has 1 aliphatic rings. The first kappa shape index (κ1) is 17.7. The van der Waals surface area contributed by atoms with E-state index in [1.807, 2.05) is 47.4 Å². The number of hydrogen-bond acceptors (Lipinski definition) is 3. The monoisotopic (exact) mass is 377 g/mol. The minimum Gasteiger partial charge on any atom is -0.338 e. The molecule has 0 radical (unpaired) electrons. The van der Waals surface area contributed by atoms with Crippen LogP contribution in [0, 0.1) is 0 Å². The minimum atomic E-state index is 0.0406. The number of hydrogen-bond donors (Lipinski definition) is 0. The molecule has 0 spiro atoms. The third kappa shape index (κ3) is 4.01. The Morgan fingerprint density at radius 2 is 2.00 bits per heavy atom. The number of rotatable bonds is 3. The zero-order valence-electron chi connectivity index (χ0n) is 14.9. The van der Waals surface area contributed by atoms with Gasteiger partial charge in [-0.1, -0.05) is 29.8 Å². The van der Waals surface area contributed by atoms with Gasteiger partial charge in [0.2, 0.25) is 0 Å².